The van der Waals surface area contributed by atoms with Crippen LogP contribution in [0.1, 0.15) is 16.1 Å². The Kier molecular flexibility index (Phi) is 2.75. The number of hydrogen-bond donors (Lipinski definition) is 0. The number of halogens is 1. The zero-order chi connectivity index (χ0) is 15.1. The first-order valence-electron chi connectivity index (χ1n) is 6.77. The molecular weight excluding hydrogens is 283 g/mol. The highest BCUT2D eigenvalue weighted by Crippen LogP contribution is 2.23. The number of rotatable bonds is 2. The van der Waals surface area contributed by atoms with E-state index in [0.29, 0.717) is 29.1 Å². The van der Waals surface area contributed by atoms with Gasteiger partial charge in [0.15, 0.2) is 0 Å². The summed E-state index contributed by atoms with van der Waals surface area (Å²) in [6, 6.07) is 8.41. The van der Waals surface area contributed by atoms with Crippen molar-refractivity contribution in [3.05, 3.63) is 71.8 Å². The van der Waals surface area contributed by atoms with Crippen molar-refractivity contribution in [2.75, 3.05) is 0 Å². The molecule has 0 aliphatic carbocycles. The van der Waals surface area contributed by atoms with Crippen molar-refractivity contribution in [1.82, 2.24) is 19.3 Å². The molecule has 4 rings (SSSR count). The van der Waals surface area contributed by atoms with Crippen LogP contribution in [0.2, 0.25) is 0 Å². The number of aromatic nitrogens is 4. The van der Waals surface area contributed by atoms with E-state index in [-0.39, 0.29) is 5.78 Å². The first-order chi connectivity index (χ1) is 10.7. The van der Waals surface area contributed by atoms with Gasteiger partial charge in [0.25, 0.3) is 0 Å². The lowest BCUT2D eigenvalue weighted by atomic mass is 10.1. The van der Waals surface area contributed by atoms with Gasteiger partial charge >= 0.3 is 0 Å². The van der Waals surface area contributed by atoms with E-state index >= 15 is 0 Å². The number of ketones is 1. The molecule has 22 heavy (non-hydrogen) atoms. The lowest BCUT2D eigenvalue weighted by Gasteiger charge is -2.04. The van der Waals surface area contributed by atoms with Gasteiger partial charge in [0.2, 0.25) is 5.78 Å². The van der Waals surface area contributed by atoms with Crippen LogP contribution in [-0.4, -0.2) is 25.1 Å². The number of Topliss-reactive ketones (excluding diaryl/α,β-unsaturated/α-hetero) is 1. The molecule has 1 aliphatic rings. The lowest BCUT2D eigenvalue weighted by molar-refractivity contribution is 0.103. The summed E-state index contributed by atoms with van der Waals surface area (Å²) in [7, 11) is 0. The average molecular weight is 294 g/mol. The maximum absolute atomic E-state index is 14.2. The number of hydrogen-bond acceptors (Lipinski definition) is 3. The standard InChI is InChI=1S/C16H11FN4O/c17-13-7-11(3-4-14(13)21-10-18-9-19-21)6-12-8-20-5-1-2-15(20)16(12)22/h1-7,9-10H,8H2/b12-6-. The van der Waals surface area contributed by atoms with Gasteiger partial charge in [0, 0.05) is 11.8 Å². The van der Waals surface area contributed by atoms with E-state index in [0.717, 1.165) is 0 Å². The van der Waals surface area contributed by atoms with E-state index in [4.69, 9.17) is 0 Å². The Morgan fingerprint density at radius 3 is 2.91 bits per heavy atom. The highest BCUT2D eigenvalue weighted by atomic mass is 19.1. The molecule has 2 aromatic heterocycles. The van der Waals surface area contributed by atoms with Gasteiger partial charge in [-0.2, -0.15) is 5.10 Å². The van der Waals surface area contributed by atoms with Crippen LogP contribution in [0.25, 0.3) is 11.8 Å². The van der Waals surface area contributed by atoms with E-state index in [2.05, 4.69) is 10.1 Å². The molecule has 0 bridgehead atoms. The summed E-state index contributed by atoms with van der Waals surface area (Å²) in [5, 5.41) is 3.91. The average Bonchev–Trinajstić information content (AvgIpc) is 3.20. The molecule has 0 spiro atoms. The van der Waals surface area contributed by atoms with Gasteiger partial charge in [0.05, 0.1) is 12.2 Å². The van der Waals surface area contributed by atoms with Crippen molar-refractivity contribution >= 4 is 11.9 Å². The van der Waals surface area contributed by atoms with Crippen molar-refractivity contribution in [1.29, 1.82) is 0 Å². The third kappa shape index (κ3) is 1.96. The van der Waals surface area contributed by atoms with Crippen molar-refractivity contribution in [3.63, 3.8) is 0 Å². The van der Waals surface area contributed by atoms with E-state index in [1.807, 2.05) is 16.8 Å². The van der Waals surface area contributed by atoms with Gasteiger partial charge in [-0.25, -0.2) is 14.1 Å². The summed E-state index contributed by atoms with van der Waals surface area (Å²) in [5.41, 5.74) is 2.30. The Balaban J connectivity index is 1.68. The SMILES string of the molecule is O=C1/C(=C\c2ccc(-n3cncn3)c(F)c2)Cn2cccc21. The van der Waals surface area contributed by atoms with Gasteiger partial charge in [-0.1, -0.05) is 6.07 Å². The highest BCUT2D eigenvalue weighted by molar-refractivity contribution is 6.12. The van der Waals surface area contributed by atoms with Crippen molar-refractivity contribution in [2.45, 2.75) is 6.54 Å². The fourth-order valence-electron chi connectivity index (χ4n) is 2.62. The zero-order valence-electron chi connectivity index (χ0n) is 11.5. The molecule has 5 nitrogen and oxygen atoms in total. The smallest absolute Gasteiger partial charge is 0.207 e. The minimum Gasteiger partial charge on any atom is -0.340 e. The van der Waals surface area contributed by atoms with Crippen LogP contribution in [-0.2, 0) is 6.54 Å². The molecule has 0 atom stereocenters. The largest absolute Gasteiger partial charge is 0.340 e. The van der Waals surface area contributed by atoms with Crippen molar-refractivity contribution < 1.29 is 9.18 Å². The number of carbonyl (C=O) groups is 1. The van der Waals surface area contributed by atoms with Gasteiger partial charge in [0.1, 0.15) is 24.2 Å². The Labute approximate surface area is 125 Å². The van der Waals surface area contributed by atoms with Crippen LogP contribution in [0, 0.1) is 5.82 Å². The molecule has 1 aliphatic heterocycles. The number of benzene rings is 1. The first-order valence-corrected chi connectivity index (χ1v) is 6.77. The molecule has 1 aromatic carbocycles. The molecule has 3 aromatic rings. The summed E-state index contributed by atoms with van der Waals surface area (Å²) in [6.45, 7) is 0.521. The maximum atomic E-state index is 14.2. The molecular formula is C16H11FN4O. The summed E-state index contributed by atoms with van der Waals surface area (Å²) >= 11 is 0. The predicted octanol–water partition coefficient (Wildman–Crippen LogP) is 2.49. The quantitative estimate of drug-likeness (QED) is 0.682. The van der Waals surface area contributed by atoms with Gasteiger partial charge < -0.3 is 4.57 Å². The van der Waals surface area contributed by atoms with E-state index in [1.54, 1.807) is 24.3 Å². The third-order valence-corrected chi connectivity index (χ3v) is 3.67. The Morgan fingerprint density at radius 2 is 2.18 bits per heavy atom. The summed E-state index contributed by atoms with van der Waals surface area (Å²) in [5.74, 6) is -0.421. The monoisotopic (exact) mass is 294 g/mol. The molecule has 0 saturated heterocycles. The second-order valence-electron chi connectivity index (χ2n) is 5.07. The molecule has 0 amide bonds. The number of nitrogens with zero attached hydrogens (tertiary/aromatic N) is 4. The molecule has 0 radical (unpaired) electrons. The van der Waals surface area contributed by atoms with Crippen LogP contribution >= 0.6 is 0 Å². The van der Waals surface area contributed by atoms with Gasteiger partial charge in [-0.3, -0.25) is 4.79 Å². The number of fused-ring (bicyclic) bond motifs is 1. The van der Waals surface area contributed by atoms with Crippen LogP contribution in [0.5, 0.6) is 0 Å². The van der Waals surface area contributed by atoms with Crippen LogP contribution < -0.4 is 0 Å². The molecule has 0 saturated carbocycles. The topological polar surface area (TPSA) is 52.7 Å². The molecule has 0 unspecified atom stereocenters. The van der Waals surface area contributed by atoms with E-state index < -0.39 is 5.82 Å². The Bertz CT molecular complexity index is 893. The summed E-state index contributed by atoms with van der Waals surface area (Å²) in [6.07, 6.45) is 6.37. The second kappa shape index (κ2) is 4.77. The van der Waals surface area contributed by atoms with Crippen molar-refractivity contribution in [3.8, 4) is 5.69 Å². The Morgan fingerprint density at radius 1 is 1.27 bits per heavy atom. The highest BCUT2D eigenvalue weighted by Gasteiger charge is 2.23. The fraction of sp³-hybridized carbons (Fsp3) is 0.0625. The van der Waals surface area contributed by atoms with E-state index in [9.17, 15) is 9.18 Å². The zero-order valence-corrected chi connectivity index (χ0v) is 11.5. The number of allylic oxidation sites excluding steroid dienone is 1. The lowest BCUT2D eigenvalue weighted by Crippen LogP contribution is -1.99. The Hall–Kier alpha value is -3.02. The normalized spacial score (nSPS) is 15.5. The van der Waals surface area contributed by atoms with Crippen LogP contribution in [0.3, 0.4) is 0 Å². The first kappa shape index (κ1) is 12.7. The number of carbonyl (C=O) groups excluding carboxylic acids is 1. The van der Waals surface area contributed by atoms with E-state index in [1.165, 1.54) is 23.4 Å². The molecule has 3 heterocycles. The van der Waals surface area contributed by atoms with Gasteiger partial charge in [-0.05, 0) is 35.9 Å². The molecule has 108 valence electrons. The van der Waals surface area contributed by atoms with Gasteiger partial charge in [-0.15, -0.1) is 0 Å². The van der Waals surface area contributed by atoms with Crippen molar-refractivity contribution in [2.24, 2.45) is 0 Å². The minimum atomic E-state index is -0.412. The van der Waals surface area contributed by atoms with Crippen LogP contribution in [0.4, 0.5) is 4.39 Å². The maximum Gasteiger partial charge on any atom is 0.207 e. The minimum absolute atomic E-state index is 0.00855. The van der Waals surface area contributed by atoms with Crippen LogP contribution in [0.15, 0.2) is 54.8 Å². The molecule has 6 heteroatoms. The summed E-state index contributed by atoms with van der Waals surface area (Å²) in [4.78, 5) is 16.0. The second-order valence-corrected chi connectivity index (χ2v) is 5.07. The fourth-order valence-corrected chi connectivity index (χ4v) is 2.62. The predicted molar refractivity (Wildman–Crippen MR) is 78.1 cm³/mol. The molecule has 0 N–H and O–H groups in total. The summed E-state index contributed by atoms with van der Waals surface area (Å²) < 4.78 is 17.4. The third-order valence-electron chi connectivity index (χ3n) is 3.67. The molecule has 0 fully saturated rings.